The van der Waals surface area contributed by atoms with E-state index in [1.54, 1.807) is 0 Å². The number of allylic oxidation sites excluding steroid dienone is 2. The number of fused-ring (bicyclic) bond motifs is 2. The lowest BCUT2D eigenvalue weighted by Crippen LogP contribution is -2.24. The average Bonchev–Trinajstić information content (AvgIpc) is 2.09. The van der Waals surface area contributed by atoms with Crippen molar-refractivity contribution in [1.82, 2.24) is 5.32 Å². The Hall–Kier alpha value is -0.560. The van der Waals surface area contributed by atoms with Gasteiger partial charge in [0, 0.05) is 12.1 Å². The van der Waals surface area contributed by atoms with Gasteiger partial charge in [0.2, 0.25) is 0 Å². The van der Waals surface area contributed by atoms with Gasteiger partial charge in [-0.05, 0) is 12.8 Å². The Morgan fingerprint density at radius 2 is 1.56 bits per heavy atom. The normalized spacial score (nSPS) is 39.1. The lowest BCUT2D eigenvalue weighted by molar-refractivity contribution is 0.675. The zero-order valence-electron chi connectivity index (χ0n) is 5.38. The maximum absolute atomic E-state index is 3.48. The molecule has 1 fully saturated rings. The summed E-state index contributed by atoms with van der Waals surface area (Å²) in [6.07, 6.45) is 11.4. The van der Waals surface area contributed by atoms with Crippen molar-refractivity contribution in [2.24, 2.45) is 0 Å². The quantitative estimate of drug-likeness (QED) is 0.508. The Balaban J connectivity index is 2.20. The summed E-state index contributed by atoms with van der Waals surface area (Å²) in [5.41, 5.74) is 0. The first-order valence-corrected chi connectivity index (χ1v) is 3.56. The van der Waals surface area contributed by atoms with Crippen molar-refractivity contribution in [2.45, 2.75) is 24.9 Å². The van der Waals surface area contributed by atoms with Crippen LogP contribution in [0.4, 0.5) is 0 Å². The van der Waals surface area contributed by atoms with Crippen LogP contribution in [0.1, 0.15) is 12.8 Å². The smallest absolute Gasteiger partial charge is 0.0259 e. The van der Waals surface area contributed by atoms with Crippen molar-refractivity contribution in [3.05, 3.63) is 24.3 Å². The summed E-state index contributed by atoms with van der Waals surface area (Å²) in [7, 11) is 0. The minimum absolute atomic E-state index is 0.657. The predicted octanol–water partition coefficient (Wildman–Crippen LogP) is 1.23. The SMILES string of the molecule is C1=CC2CCC(C=C1)N2. The molecule has 1 nitrogen and oxygen atoms in total. The van der Waals surface area contributed by atoms with E-state index in [2.05, 4.69) is 29.6 Å². The van der Waals surface area contributed by atoms with E-state index in [0.29, 0.717) is 12.1 Å². The first-order valence-electron chi connectivity index (χ1n) is 3.56. The molecule has 2 heterocycles. The van der Waals surface area contributed by atoms with Crippen LogP contribution in [0, 0.1) is 0 Å². The Labute approximate surface area is 55.5 Å². The molecule has 2 unspecified atom stereocenters. The van der Waals surface area contributed by atoms with Crippen molar-refractivity contribution < 1.29 is 0 Å². The van der Waals surface area contributed by atoms with Gasteiger partial charge >= 0.3 is 0 Å². The molecule has 2 rings (SSSR count). The highest BCUT2D eigenvalue weighted by Gasteiger charge is 2.19. The van der Waals surface area contributed by atoms with Crippen LogP contribution < -0.4 is 5.32 Å². The summed E-state index contributed by atoms with van der Waals surface area (Å²) < 4.78 is 0. The van der Waals surface area contributed by atoms with Crippen molar-refractivity contribution in [1.29, 1.82) is 0 Å². The molecule has 48 valence electrons. The Morgan fingerprint density at radius 3 is 2.11 bits per heavy atom. The van der Waals surface area contributed by atoms with E-state index in [1.165, 1.54) is 12.8 Å². The Bertz CT molecular complexity index is 140. The summed E-state index contributed by atoms with van der Waals surface area (Å²) in [4.78, 5) is 0. The first-order chi connectivity index (χ1) is 4.45. The zero-order chi connectivity index (χ0) is 6.10. The van der Waals surface area contributed by atoms with Crippen LogP contribution in [0.3, 0.4) is 0 Å². The van der Waals surface area contributed by atoms with E-state index in [9.17, 15) is 0 Å². The average molecular weight is 121 g/mol. The molecule has 0 saturated carbocycles. The second-order valence-corrected chi connectivity index (χ2v) is 2.73. The van der Waals surface area contributed by atoms with Crippen molar-refractivity contribution in [3.63, 3.8) is 0 Å². The van der Waals surface area contributed by atoms with Crippen LogP contribution in [0.2, 0.25) is 0 Å². The van der Waals surface area contributed by atoms with Crippen LogP contribution in [-0.2, 0) is 0 Å². The molecule has 1 saturated heterocycles. The third-order valence-electron chi connectivity index (χ3n) is 2.01. The fraction of sp³-hybridized carbons (Fsp3) is 0.500. The third-order valence-corrected chi connectivity index (χ3v) is 2.01. The first kappa shape index (κ1) is 5.24. The summed E-state index contributed by atoms with van der Waals surface area (Å²) in [6.45, 7) is 0. The van der Waals surface area contributed by atoms with Gasteiger partial charge in [0.1, 0.15) is 0 Å². The molecule has 0 aromatic carbocycles. The molecular weight excluding hydrogens is 110 g/mol. The van der Waals surface area contributed by atoms with Gasteiger partial charge in [-0.3, -0.25) is 0 Å². The molecule has 2 aliphatic rings. The fourth-order valence-corrected chi connectivity index (χ4v) is 1.50. The number of rotatable bonds is 0. The monoisotopic (exact) mass is 121 g/mol. The lowest BCUT2D eigenvalue weighted by atomic mass is 10.1. The molecule has 9 heavy (non-hydrogen) atoms. The number of nitrogens with one attached hydrogen (secondary N) is 1. The molecule has 0 aliphatic carbocycles. The molecule has 2 bridgehead atoms. The number of hydrogen-bond acceptors (Lipinski definition) is 1. The minimum Gasteiger partial charge on any atom is -0.304 e. The van der Waals surface area contributed by atoms with Gasteiger partial charge in [0.15, 0.2) is 0 Å². The molecule has 0 aromatic heterocycles. The van der Waals surface area contributed by atoms with Gasteiger partial charge in [-0.2, -0.15) is 0 Å². The molecular formula is C8H11N. The summed E-state index contributed by atoms with van der Waals surface area (Å²) in [5.74, 6) is 0. The maximum atomic E-state index is 3.48. The Morgan fingerprint density at radius 1 is 1.00 bits per heavy atom. The summed E-state index contributed by atoms with van der Waals surface area (Å²) >= 11 is 0. The van der Waals surface area contributed by atoms with Gasteiger partial charge in [-0.25, -0.2) is 0 Å². The minimum atomic E-state index is 0.657. The second-order valence-electron chi connectivity index (χ2n) is 2.73. The standard InChI is InChI=1S/C8H11N/c1-2-4-8-6-5-7(3-1)9-8/h1-4,7-9H,5-6H2. The molecule has 0 radical (unpaired) electrons. The molecule has 0 spiro atoms. The third kappa shape index (κ3) is 0.924. The molecule has 2 aliphatic heterocycles. The highest BCUT2D eigenvalue weighted by Crippen LogP contribution is 2.16. The van der Waals surface area contributed by atoms with E-state index >= 15 is 0 Å². The highest BCUT2D eigenvalue weighted by molar-refractivity contribution is 5.16. The van der Waals surface area contributed by atoms with E-state index in [-0.39, 0.29) is 0 Å². The zero-order valence-corrected chi connectivity index (χ0v) is 5.38. The van der Waals surface area contributed by atoms with E-state index in [1.807, 2.05) is 0 Å². The van der Waals surface area contributed by atoms with Crippen molar-refractivity contribution >= 4 is 0 Å². The molecule has 1 N–H and O–H groups in total. The molecule has 1 heteroatoms. The lowest BCUT2D eigenvalue weighted by Gasteiger charge is -2.03. The molecule has 2 atom stereocenters. The largest absolute Gasteiger partial charge is 0.304 e. The molecule has 0 aromatic rings. The van der Waals surface area contributed by atoms with Crippen molar-refractivity contribution in [3.8, 4) is 0 Å². The fourth-order valence-electron chi connectivity index (χ4n) is 1.50. The van der Waals surface area contributed by atoms with E-state index in [0.717, 1.165) is 0 Å². The van der Waals surface area contributed by atoms with Gasteiger partial charge in [0.05, 0.1) is 0 Å². The second kappa shape index (κ2) is 1.99. The van der Waals surface area contributed by atoms with Gasteiger partial charge in [-0.1, -0.05) is 24.3 Å². The van der Waals surface area contributed by atoms with Crippen molar-refractivity contribution in [2.75, 3.05) is 0 Å². The van der Waals surface area contributed by atoms with Crippen LogP contribution in [0.15, 0.2) is 24.3 Å². The van der Waals surface area contributed by atoms with Gasteiger partial charge < -0.3 is 5.32 Å². The van der Waals surface area contributed by atoms with E-state index in [4.69, 9.17) is 0 Å². The summed E-state index contributed by atoms with van der Waals surface area (Å²) in [6, 6.07) is 1.31. The van der Waals surface area contributed by atoms with Gasteiger partial charge in [-0.15, -0.1) is 0 Å². The number of hydrogen-bond donors (Lipinski definition) is 1. The topological polar surface area (TPSA) is 12.0 Å². The van der Waals surface area contributed by atoms with Crippen LogP contribution in [0.25, 0.3) is 0 Å². The maximum Gasteiger partial charge on any atom is 0.0259 e. The van der Waals surface area contributed by atoms with E-state index < -0.39 is 0 Å². The highest BCUT2D eigenvalue weighted by atomic mass is 15.0. The predicted molar refractivity (Wildman–Crippen MR) is 38.2 cm³/mol. The van der Waals surface area contributed by atoms with Crippen LogP contribution in [-0.4, -0.2) is 12.1 Å². The van der Waals surface area contributed by atoms with Gasteiger partial charge in [0.25, 0.3) is 0 Å². The summed E-state index contributed by atoms with van der Waals surface area (Å²) in [5, 5.41) is 3.48. The Kier molecular flexibility index (Phi) is 1.16. The van der Waals surface area contributed by atoms with Crippen LogP contribution in [0.5, 0.6) is 0 Å². The molecule has 0 amide bonds. The van der Waals surface area contributed by atoms with Crippen LogP contribution >= 0.6 is 0 Å².